The van der Waals surface area contributed by atoms with E-state index in [9.17, 15) is 9.59 Å². The van der Waals surface area contributed by atoms with Crippen LogP contribution in [0.4, 0.5) is 4.79 Å². The molecule has 7 nitrogen and oxygen atoms in total. The van der Waals surface area contributed by atoms with Gasteiger partial charge < -0.3 is 10.2 Å². The molecule has 1 aromatic rings. The molecule has 0 atom stereocenters. The molecular formula is C14H23N5O2. The van der Waals surface area contributed by atoms with Crippen molar-refractivity contribution in [1.29, 1.82) is 0 Å². The summed E-state index contributed by atoms with van der Waals surface area (Å²) < 4.78 is 1.47. The Morgan fingerprint density at radius 3 is 2.38 bits per heavy atom. The maximum Gasteiger partial charge on any atom is 0.329 e. The van der Waals surface area contributed by atoms with Crippen molar-refractivity contribution in [1.82, 2.24) is 24.7 Å². The molecule has 1 saturated heterocycles. The number of carbonyl (C=O) groups excluding carboxylic acids is 2. The van der Waals surface area contributed by atoms with Crippen LogP contribution < -0.4 is 5.32 Å². The predicted molar refractivity (Wildman–Crippen MR) is 78.9 cm³/mol. The Labute approximate surface area is 124 Å². The summed E-state index contributed by atoms with van der Waals surface area (Å²) in [6, 6.07) is -0.0636. The molecule has 0 radical (unpaired) electrons. The van der Waals surface area contributed by atoms with Crippen LogP contribution in [0.1, 0.15) is 20.8 Å². The van der Waals surface area contributed by atoms with Crippen LogP contribution in [0.5, 0.6) is 0 Å². The Morgan fingerprint density at radius 2 is 1.86 bits per heavy atom. The van der Waals surface area contributed by atoms with E-state index in [2.05, 4.69) is 15.2 Å². The van der Waals surface area contributed by atoms with Gasteiger partial charge in [0.2, 0.25) is 5.91 Å². The van der Waals surface area contributed by atoms with Crippen molar-refractivity contribution in [2.45, 2.75) is 26.3 Å². The van der Waals surface area contributed by atoms with Crippen molar-refractivity contribution < 1.29 is 9.59 Å². The number of nitrogens with one attached hydrogen (secondary N) is 1. The molecule has 116 valence electrons. The number of rotatable bonds is 2. The van der Waals surface area contributed by atoms with Crippen LogP contribution >= 0.6 is 0 Å². The monoisotopic (exact) mass is 293 g/mol. The molecule has 1 aromatic heterocycles. The van der Waals surface area contributed by atoms with Gasteiger partial charge in [-0.1, -0.05) is 0 Å². The van der Waals surface area contributed by atoms with E-state index in [1.165, 1.54) is 10.9 Å². The minimum Gasteiger partial charge on any atom is -0.350 e. The minimum absolute atomic E-state index is 0.0249. The number of amides is 2. The molecule has 0 aromatic carbocycles. The van der Waals surface area contributed by atoms with E-state index in [-0.39, 0.29) is 17.5 Å². The zero-order chi connectivity index (χ0) is 15.5. The first kappa shape index (κ1) is 15.5. The van der Waals surface area contributed by atoms with Crippen LogP contribution in [-0.4, -0.2) is 69.6 Å². The highest BCUT2D eigenvalue weighted by Crippen LogP contribution is 2.05. The Balaban J connectivity index is 1.78. The SMILES string of the molecule is CC(C)(C)NC(=O)CN1CCN(C(=O)n2ccnc2)CC1. The lowest BCUT2D eigenvalue weighted by Crippen LogP contribution is -2.53. The van der Waals surface area contributed by atoms with E-state index in [0.29, 0.717) is 32.7 Å². The molecule has 2 heterocycles. The zero-order valence-corrected chi connectivity index (χ0v) is 12.9. The average Bonchev–Trinajstić information content (AvgIpc) is 2.90. The van der Waals surface area contributed by atoms with Gasteiger partial charge in [-0.25, -0.2) is 9.78 Å². The van der Waals surface area contributed by atoms with E-state index in [1.54, 1.807) is 17.3 Å². The van der Waals surface area contributed by atoms with Crippen molar-refractivity contribution in [3.63, 3.8) is 0 Å². The zero-order valence-electron chi connectivity index (χ0n) is 12.9. The molecule has 1 aliphatic rings. The fourth-order valence-corrected chi connectivity index (χ4v) is 2.29. The van der Waals surface area contributed by atoms with Gasteiger partial charge in [-0.3, -0.25) is 14.3 Å². The van der Waals surface area contributed by atoms with Gasteiger partial charge in [0.25, 0.3) is 0 Å². The van der Waals surface area contributed by atoms with Crippen LogP contribution in [0.3, 0.4) is 0 Å². The summed E-state index contributed by atoms with van der Waals surface area (Å²) >= 11 is 0. The van der Waals surface area contributed by atoms with Gasteiger partial charge in [0.05, 0.1) is 6.54 Å². The summed E-state index contributed by atoms with van der Waals surface area (Å²) in [4.78, 5) is 31.7. The van der Waals surface area contributed by atoms with Gasteiger partial charge in [-0.15, -0.1) is 0 Å². The maximum atomic E-state index is 12.1. The third-order valence-electron chi connectivity index (χ3n) is 3.25. The molecule has 0 spiro atoms. The largest absolute Gasteiger partial charge is 0.350 e. The van der Waals surface area contributed by atoms with E-state index in [0.717, 1.165) is 0 Å². The fourth-order valence-electron chi connectivity index (χ4n) is 2.29. The minimum atomic E-state index is -0.212. The molecule has 0 saturated carbocycles. The number of nitrogens with zero attached hydrogens (tertiary/aromatic N) is 4. The van der Waals surface area contributed by atoms with Crippen LogP contribution in [-0.2, 0) is 4.79 Å². The summed E-state index contributed by atoms with van der Waals surface area (Å²) in [5.74, 6) is 0.0249. The lowest BCUT2D eigenvalue weighted by molar-refractivity contribution is -0.123. The molecule has 0 aliphatic carbocycles. The van der Waals surface area contributed by atoms with E-state index >= 15 is 0 Å². The first-order valence-electron chi connectivity index (χ1n) is 7.16. The standard InChI is InChI=1S/C14H23N5O2/c1-14(2,3)16-12(20)10-17-6-8-18(9-7-17)13(21)19-5-4-15-11-19/h4-5,11H,6-10H2,1-3H3,(H,16,20). The fraction of sp³-hybridized carbons (Fsp3) is 0.643. The molecule has 1 N–H and O–H groups in total. The van der Waals surface area contributed by atoms with Crippen molar-refractivity contribution in [2.75, 3.05) is 32.7 Å². The first-order chi connectivity index (χ1) is 9.85. The predicted octanol–water partition coefficient (Wildman–Crippen LogP) is 0.384. The summed E-state index contributed by atoms with van der Waals surface area (Å²) in [5, 5.41) is 2.95. The maximum absolute atomic E-state index is 12.1. The number of carbonyl (C=O) groups is 2. The van der Waals surface area contributed by atoms with Crippen LogP contribution in [0.2, 0.25) is 0 Å². The van der Waals surface area contributed by atoms with Gasteiger partial charge in [-0.2, -0.15) is 0 Å². The summed E-state index contributed by atoms with van der Waals surface area (Å²) in [7, 11) is 0. The Hall–Kier alpha value is -1.89. The van der Waals surface area contributed by atoms with Crippen LogP contribution in [0, 0.1) is 0 Å². The molecule has 1 fully saturated rings. The van der Waals surface area contributed by atoms with Crippen LogP contribution in [0.15, 0.2) is 18.7 Å². The highest BCUT2D eigenvalue weighted by atomic mass is 16.2. The van der Waals surface area contributed by atoms with Gasteiger partial charge >= 0.3 is 6.03 Å². The van der Waals surface area contributed by atoms with Gasteiger partial charge in [0.1, 0.15) is 6.33 Å². The first-order valence-corrected chi connectivity index (χ1v) is 7.16. The summed E-state index contributed by atoms with van der Waals surface area (Å²) in [5.41, 5.74) is -0.212. The van der Waals surface area contributed by atoms with Crippen LogP contribution in [0.25, 0.3) is 0 Å². The Morgan fingerprint density at radius 1 is 1.19 bits per heavy atom. The molecule has 0 bridgehead atoms. The summed E-state index contributed by atoms with van der Waals surface area (Å²) in [6.07, 6.45) is 4.74. The number of imidazole rings is 1. The van der Waals surface area contributed by atoms with Gasteiger partial charge in [0, 0.05) is 44.1 Å². The lowest BCUT2D eigenvalue weighted by Gasteiger charge is -2.34. The highest BCUT2D eigenvalue weighted by Gasteiger charge is 2.24. The van der Waals surface area contributed by atoms with E-state index in [4.69, 9.17) is 0 Å². The smallest absolute Gasteiger partial charge is 0.329 e. The molecule has 2 amide bonds. The van der Waals surface area contributed by atoms with Crippen molar-refractivity contribution in [2.24, 2.45) is 0 Å². The number of piperazine rings is 1. The van der Waals surface area contributed by atoms with Crippen molar-refractivity contribution >= 4 is 11.9 Å². The quantitative estimate of drug-likeness (QED) is 0.856. The highest BCUT2D eigenvalue weighted by molar-refractivity contribution is 5.79. The average molecular weight is 293 g/mol. The van der Waals surface area contributed by atoms with Gasteiger partial charge in [-0.05, 0) is 20.8 Å². The molecule has 7 heteroatoms. The normalized spacial score (nSPS) is 16.8. The molecule has 1 aliphatic heterocycles. The summed E-state index contributed by atoms with van der Waals surface area (Å²) in [6.45, 7) is 8.94. The Kier molecular flexibility index (Phi) is 4.62. The third kappa shape index (κ3) is 4.56. The van der Waals surface area contributed by atoms with Crippen molar-refractivity contribution in [3.05, 3.63) is 18.7 Å². The molecule has 2 rings (SSSR count). The molecular weight excluding hydrogens is 270 g/mol. The number of aromatic nitrogens is 2. The molecule has 21 heavy (non-hydrogen) atoms. The lowest BCUT2D eigenvalue weighted by atomic mass is 10.1. The van der Waals surface area contributed by atoms with Crippen molar-refractivity contribution in [3.8, 4) is 0 Å². The Bertz CT molecular complexity index is 484. The topological polar surface area (TPSA) is 70.5 Å². The number of hydrogen-bond donors (Lipinski definition) is 1. The molecule has 0 unspecified atom stereocenters. The second kappa shape index (κ2) is 6.26. The second-order valence-corrected chi connectivity index (χ2v) is 6.31. The van der Waals surface area contributed by atoms with E-state index in [1.807, 2.05) is 20.8 Å². The number of hydrogen-bond acceptors (Lipinski definition) is 4. The third-order valence-corrected chi connectivity index (χ3v) is 3.25. The van der Waals surface area contributed by atoms with E-state index < -0.39 is 0 Å². The van der Waals surface area contributed by atoms with Gasteiger partial charge in [0.15, 0.2) is 0 Å². The second-order valence-electron chi connectivity index (χ2n) is 6.31.